The van der Waals surface area contributed by atoms with Crippen LogP contribution in [0.3, 0.4) is 0 Å². The topological polar surface area (TPSA) is 116 Å². The second kappa shape index (κ2) is 8.84. The fourth-order valence-electron chi connectivity index (χ4n) is 4.32. The van der Waals surface area contributed by atoms with Gasteiger partial charge in [0, 0.05) is 32.7 Å². The standard InChI is InChI=1S/C24H22N6O5/c31-23-17-3-1-2-4-18(17)25-14-30(23)13-21-26-22(35-27-21)24(32)29-9-7-28(8-10-29)12-16-5-6-19-20(11-16)34-15-33-19/h1-6,11,14H,7-10,12-13,15H2. The number of amides is 1. The highest BCUT2D eigenvalue weighted by Gasteiger charge is 2.27. The van der Waals surface area contributed by atoms with Gasteiger partial charge in [0.2, 0.25) is 6.79 Å². The molecule has 1 amide bonds. The molecule has 35 heavy (non-hydrogen) atoms. The van der Waals surface area contributed by atoms with E-state index in [9.17, 15) is 9.59 Å². The molecular weight excluding hydrogens is 452 g/mol. The molecule has 2 aliphatic heterocycles. The molecule has 4 heterocycles. The summed E-state index contributed by atoms with van der Waals surface area (Å²) < 4.78 is 17.4. The minimum Gasteiger partial charge on any atom is -0.454 e. The molecule has 178 valence electrons. The number of carbonyl (C=O) groups excluding carboxylic acids is 1. The second-order valence-corrected chi connectivity index (χ2v) is 8.47. The van der Waals surface area contributed by atoms with Crippen LogP contribution in [0.5, 0.6) is 11.5 Å². The average Bonchev–Trinajstić information content (AvgIpc) is 3.55. The normalized spacial score (nSPS) is 15.6. The molecule has 6 rings (SSSR count). The van der Waals surface area contributed by atoms with E-state index in [1.807, 2.05) is 24.3 Å². The number of nitrogens with zero attached hydrogens (tertiary/aromatic N) is 6. The molecule has 0 atom stereocenters. The van der Waals surface area contributed by atoms with E-state index in [0.717, 1.165) is 36.7 Å². The first-order chi connectivity index (χ1) is 17.1. The Balaban J connectivity index is 1.07. The number of ether oxygens (including phenoxy) is 2. The molecule has 1 fully saturated rings. The van der Waals surface area contributed by atoms with E-state index >= 15 is 0 Å². The fourth-order valence-corrected chi connectivity index (χ4v) is 4.32. The van der Waals surface area contributed by atoms with Crippen LogP contribution in [-0.2, 0) is 13.1 Å². The largest absolute Gasteiger partial charge is 0.454 e. The Labute approximate surface area is 199 Å². The summed E-state index contributed by atoms with van der Waals surface area (Å²) in [5.74, 6) is 1.39. The van der Waals surface area contributed by atoms with E-state index in [1.54, 1.807) is 23.1 Å². The van der Waals surface area contributed by atoms with Gasteiger partial charge in [0.05, 0.1) is 23.8 Å². The van der Waals surface area contributed by atoms with E-state index in [0.29, 0.717) is 24.0 Å². The lowest BCUT2D eigenvalue weighted by Crippen LogP contribution is -2.48. The first kappa shape index (κ1) is 21.3. The number of fused-ring (bicyclic) bond motifs is 2. The molecule has 2 aromatic carbocycles. The predicted molar refractivity (Wildman–Crippen MR) is 123 cm³/mol. The van der Waals surface area contributed by atoms with Gasteiger partial charge in [-0.25, -0.2) is 4.98 Å². The van der Waals surface area contributed by atoms with Gasteiger partial charge in [-0.3, -0.25) is 19.1 Å². The van der Waals surface area contributed by atoms with E-state index in [2.05, 4.69) is 20.0 Å². The molecule has 0 bridgehead atoms. The second-order valence-electron chi connectivity index (χ2n) is 8.47. The first-order valence-corrected chi connectivity index (χ1v) is 11.3. The summed E-state index contributed by atoms with van der Waals surface area (Å²) >= 11 is 0. The Morgan fingerprint density at radius 2 is 1.80 bits per heavy atom. The molecule has 1 saturated heterocycles. The third kappa shape index (κ3) is 4.21. The Hall–Kier alpha value is -4.25. The summed E-state index contributed by atoms with van der Waals surface area (Å²) in [5.41, 5.74) is 1.55. The Bertz CT molecular complexity index is 1460. The van der Waals surface area contributed by atoms with Crippen molar-refractivity contribution in [2.75, 3.05) is 33.0 Å². The summed E-state index contributed by atoms with van der Waals surface area (Å²) in [6.07, 6.45) is 1.45. The van der Waals surface area contributed by atoms with Crippen molar-refractivity contribution in [3.8, 4) is 11.5 Å². The number of piperazine rings is 1. The minimum atomic E-state index is -0.310. The van der Waals surface area contributed by atoms with Crippen molar-refractivity contribution < 1.29 is 18.8 Å². The van der Waals surface area contributed by atoms with Crippen molar-refractivity contribution in [3.05, 3.63) is 76.4 Å². The predicted octanol–water partition coefficient (Wildman–Crippen LogP) is 1.51. The molecule has 0 aliphatic carbocycles. The van der Waals surface area contributed by atoms with Gasteiger partial charge in [0.15, 0.2) is 17.3 Å². The molecule has 2 aromatic heterocycles. The summed E-state index contributed by atoms with van der Waals surface area (Å²) in [6, 6.07) is 13.1. The van der Waals surface area contributed by atoms with Crippen molar-refractivity contribution in [2.45, 2.75) is 13.1 Å². The molecule has 11 heteroatoms. The minimum absolute atomic E-state index is 0.0662. The van der Waals surface area contributed by atoms with Crippen molar-refractivity contribution in [3.63, 3.8) is 0 Å². The molecule has 0 N–H and O–H groups in total. The zero-order chi connectivity index (χ0) is 23.8. The van der Waals surface area contributed by atoms with Crippen molar-refractivity contribution in [1.82, 2.24) is 29.5 Å². The number of hydrogen-bond donors (Lipinski definition) is 0. The maximum absolute atomic E-state index is 12.9. The number of carbonyl (C=O) groups is 1. The number of hydrogen-bond acceptors (Lipinski definition) is 9. The smallest absolute Gasteiger partial charge is 0.316 e. The highest BCUT2D eigenvalue weighted by atomic mass is 16.7. The van der Waals surface area contributed by atoms with Crippen LogP contribution in [0.1, 0.15) is 22.1 Å². The molecule has 0 unspecified atom stereocenters. The third-order valence-corrected chi connectivity index (χ3v) is 6.20. The number of benzene rings is 2. The van der Waals surface area contributed by atoms with Crippen LogP contribution in [0.2, 0.25) is 0 Å². The quantitative estimate of drug-likeness (QED) is 0.424. The van der Waals surface area contributed by atoms with Crippen LogP contribution >= 0.6 is 0 Å². The maximum Gasteiger partial charge on any atom is 0.316 e. The number of rotatable bonds is 5. The zero-order valence-electron chi connectivity index (χ0n) is 18.8. The van der Waals surface area contributed by atoms with Gasteiger partial charge in [-0.15, -0.1) is 0 Å². The van der Waals surface area contributed by atoms with Crippen LogP contribution in [0.25, 0.3) is 10.9 Å². The molecule has 0 radical (unpaired) electrons. The van der Waals surface area contributed by atoms with Gasteiger partial charge in [0.25, 0.3) is 5.56 Å². The van der Waals surface area contributed by atoms with Crippen molar-refractivity contribution >= 4 is 16.8 Å². The Kier molecular flexibility index (Phi) is 5.38. The molecule has 2 aliphatic rings. The Morgan fingerprint density at radius 3 is 2.69 bits per heavy atom. The lowest BCUT2D eigenvalue weighted by Gasteiger charge is -2.34. The fraction of sp³-hybridized carbons (Fsp3) is 0.292. The molecule has 11 nitrogen and oxygen atoms in total. The lowest BCUT2D eigenvalue weighted by molar-refractivity contribution is 0.0581. The van der Waals surface area contributed by atoms with Gasteiger partial charge >= 0.3 is 11.8 Å². The van der Waals surface area contributed by atoms with Crippen LogP contribution < -0.4 is 15.0 Å². The molecule has 0 saturated carbocycles. The highest BCUT2D eigenvalue weighted by molar-refractivity contribution is 5.89. The van der Waals surface area contributed by atoms with E-state index in [1.165, 1.54) is 10.9 Å². The first-order valence-electron chi connectivity index (χ1n) is 11.3. The van der Waals surface area contributed by atoms with Gasteiger partial charge in [0.1, 0.15) is 0 Å². The van der Waals surface area contributed by atoms with Crippen LogP contribution in [0.15, 0.2) is 58.1 Å². The van der Waals surface area contributed by atoms with Crippen LogP contribution in [0, 0.1) is 0 Å². The summed E-state index contributed by atoms with van der Waals surface area (Å²) in [6.45, 7) is 3.63. The zero-order valence-corrected chi connectivity index (χ0v) is 18.8. The highest BCUT2D eigenvalue weighted by Crippen LogP contribution is 2.32. The Morgan fingerprint density at radius 1 is 0.971 bits per heavy atom. The van der Waals surface area contributed by atoms with E-state index in [-0.39, 0.29) is 36.5 Å². The number of para-hydroxylation sites is 1. The van der Waals surface area contributed by atoms with Crippen LogP contribution in [-0.4, -0.2) is 68.4 Å². The van der Waals surface area contributed by atoms with Crippen molar-refractivity contribution in [2.24, 2.45) is 0 Å². The molecule has 4 aromatic rings. The monoisotopic (exact) mass is 474 g/mol. The third-order valence-electron chi connectivity index (χ3n) is 6.20. The summed E-state index contributed by atoms with van der Waals surface area (Å²) in [7, 11) is 0. The van der Waals surface area contributed by atoms with Gasteiger partial charge in [-0.1, -0.05) is 23.4 Å². The van der Waals surface area contributed by atoms with E-state index in [4.69, 9.17) is 14.0 Å². The van der Waals surface area contributed by atoms with Gasteiger partial charge in [-0.05, 0) is 29.8 Å². The maximum atomic E-state index is 12.9. The van der Waals surface area contributed by atoms with Gasteiger partial charge in [-0.2, -0.15) is 4.98 Å². The van der Waals surface area contributed by atoms with E-state index < -0.39 is 0 Å². The van der Waals surface area contributed by atoms with Gasteiger partial charge < -0.3 is 18.9 Å². The molecule has 0 spiro atoms. The van der Waals surface area contributed by atoms with Crippen LogP contribution in [0.4, 0.5) is 0 Å². The average molecular weight is 474 g/mol. The summed E-state index contributed by atoms with van der Waals surface area (Å²) in [5, 5.41) is 4.40. The lowest BCUT2D eigenvalue weighted by atomic mass is 10.1. The molecular formula is C24H22N6O5. The number of aromatic nitrogens is 4. The van der Waals surface area contributed by atoms with Crippen molar-refractivity contribution in [1.29, 1.82) is 0 Å². The SMILES string of the molecule is O=C(c1nc(Cn2cnc3ccccc3c2=O)no1)N1CCN(Cc2ccc3c(c2)OCO3)CC1. The summed E-state index contributed by atoms with van der Waals surface area (Å²) in [4.78, 5) is 38.1.